The van der Waals surface area contributed by atoms with Crippen molar-refractivity contribution in [3.05, 3.63) is 114 Å². The first-order valence-corrected chi connectivity index (χ1v) is 16.4. The lowest BCUT2D eigenvalue weighted by Gasteiger charge is -2.38. The second-order valence-electron chi connectivity index (χ2n) is 11.5. The predicted molar refractivity (Wildman–Crippen MR) is 174 cm³/mol. The fraction of sp³-hybridized carbons (Fsp3) is 0.286. The molecule has 236 valence electrons. The van der Waals surface area contributed by atoms with Gasteiger partial charge in [-0.3, -0.25) is 14.4 Å². The molecule has 1 heterocycles. The molecule has 0 aliphatic carbocycles. The Morgan fingerprint density at radius 3 is 2.27 bits per heavy atom. The van der Waals surface area contributed by atoms with Gasteiger partial charge in [0.2, 0.25) is 0 Å². The smallest absolute Gasteiger partial charge is 0.262 e. The summed E-state index contributed by atoms with van der Waals surface area (Å²) in [5.74, 6) is 1.22. The molecule has 0 radical (unpaired) electrons. The minimum Gasteiger partial charge on any atom is -0.486 e. The van der Waals surface area contributed by atoms with Crippen LogP contribution in [0.3, 0.4) is 0 Å². The molecule has 0 bridgehead atoms. The maximum Gasteiger partial charge on any atom is 0.262 e. The highest BCUT2D eigenvalue weighted by Crippen LogP contribution is 2.36. The maximum absolute atomic E-state index is 13.8. The molecule has 5 rings (SSSR count). The molecule has 10 heteroatoms. The summed E-state index contributed by atoms with van der Waals surface area (Å²) in [6, 6.07) is 30.0. The second-order valence-corrected chi connectivity index (χ2v) is 13.2. The van der Waals surface area contributed by atoms with Gasteiger partial charge in [-0.05, 0) is 68.1 Å². The molecular formula is C35H39N3O6S. The van der Waals surface area contributed by atoms with E-state index in [2.05, 4.69) is 9.62 Å². The summed E-state index contributed by atoms with van der Waals surface area (Å²) < 4.78 is 41.7. The van der Waals surface area contributed by atoms with Crippen LogP contribution in [0.25, 0.3) is 0 Å². The molecule has 4 aromatic rings. The van der Waals surface area contributed by atoms with Crippen molar-refractivity contribution in [2.75, 3.05) is 31.5 Å². The van der Waals surface area contributed by atoms with Gasteiger partial charge in [-0.2, -0.15) is 0 Å². The number of aliphatic hydroxyl groups excluding tert-OH is 1. The Kier molecular flexibility index (Phi) is 10.1. The number of amides is 1. The summed E-state index contributed by atoms with van der Waals surface area (Å²) in [4.78, 5) is 17.6. The number of carbonyl (C=O) groups is 1. The van der Waals surface area contributed by atoms with Crippen molar-refractivity contribution in [1.29, 1.82) is 0 Å². The molecule has 9 nitrogen and oxygen atoms in total. The lowest BCUT2D eigenvalue weighted by atomic mass is 9.99. The summed E-state index contributed by atoms with van der Waals surface area (Å²) in [6.45, 7) is 5.08. The number of likely N-dealkylation sites (N-methyl/N-ethyl adjacent to an activating group) is 1. The molecular weight excluding hydrogens is 590 g/mol. The molecule has 1 aliphatic rings. The number of carbonyl (C=O) groups excluding carboxylic acids is 1. The van der Waals surface area contributed by atoms with E-state index in [-0.39, 0.29) is 40.3 Å². The summed E-state index contributed by atoms with van der Waals surface area (Å²) in [5, 5.41) is 9.98. The van der Waals surface area contributed by atoms with Gasteiger partial charge >= 0.3 is 0 Å². The van der Waals surface area contributed by atoms with Crippen molar-refractivity contribution in [3.63, 3.8) is 0 Å². The maximum atomic E-state index is 13.8. The fourth-order valence-electron chi connectivity index (χ4n) is 5.32. The molecule has 3 atom stereocenters. The van der Waals surface area contributed by atoms with Gasteiger partial charge in [0.1, 0.15) is 17.6 Å². The third kappa shape index (κ3) is 7.83. The molecule has 1 aliphatic heterocycles. The van der Waals surface area contributed by atoms with Crippen molar-refractivity contribution in [2.45, 2.75) is 37.4 Å². The second kappa shape index (κ2) is 14.2. The Labute approximate surface area is 265 Å². The number of rotatable bonds is 11. The van der Waals surface area contributed by atoms with Crippen LogP contribution in [0.5, 0.6) is 17.2 Å². The first-order chi connectivity index (χ1) is 21.6. The number of nitrogens with one attached hydrogen (secondary N) is 1. The van der Waals surface area contributed by atoms with E-state index in [0.717, 1.165) is 17.1 Å². The van der Waals surface area contributed by atoms with Crippen molar-refractivity contribution in [1.82, 2.24) is 9.80 Å². The van der Waals surface area contributed by atoms with E-state index < -0.39 is 22.2 Å². The Balaban J connectivity index is 1.39. The number of sulfonamides is 1. The van der Waals surface area contributed by atoms with Crippen molar-refractivity contribution in [2.24, 2.45) is 5.92 Å². The van der Waals surface area contributed by atoms with E-state index in [0.29, 0.717) is 19.6 Å². The van der Waals surface area contributed by atoms with Crippen LogP contribution < -0.4 is 14.2 Å². The van der Waals surface area contributed by atoms with Gasteiger partial charge < -0.3 is 19.5 Å². The highest BCUT2D eigenvalue weighted by atomic mass is 32.2. The van der Waals surface area contributed by atoms with Crippen molar-refractivity contribution in [3.8, 4) is 17.2 Å². The predicted octanol–water partition coefficient (Wildman–Crippen LogP) is 5.63. The molecule has 0 saturated heterocycles. The molecule has 0 unspecified atom stereocenters. The van der Waals surface area contributed by atoms with E-state index >= 15 is 0 Å². The minimum absolute atomic E-state index is 0.0974. The molecule has 45 heavy (non-hydrogen) atoms. The third-order valence-electron chi connectivity index (χ3n) is 7.84. The lowest BCUT2D eigenvalue weighted by Crippen LogP contribution is -2.49. The SMILES string of the molecule is C[C@H](CO)N1C[C@H](C)[C@@H](CN(C)Cc2ccc(Oc3ccccc3)cc2)Oc2c(NS(=O)(=O)c3ccccc3)cccc2C1=O. The number of hydrogen-bond donors (Lipinski definition) is 2. The van der Waals surface area contributed by atoms with Crippen molar-refractivity contribution >= 4 is 21.6 Å². The van der Waals surface area contributed by atoms with E-state index in [9.17, 15) is 18.3 Å². The van der Waals surface area contributed by atoms with Crippen LogP contribution in [0.15, 0.2) is 108 Å². The zero-order chi connectivity index (χ0) is 32.0. The average Bonchev–Trinajstić information content (AvgIpc) is 3.04. The number of ether oxygens (including phenoxy) is 2. The number of benzene rings is 4. The number of para-hydroxylation sites is 2. The Hall–Kier alpha value is -4.38. The highest BCUT2D eigenvalue weighted by Gasteiger charge is 2.35. The van der Waals surface area contributed by atoms with Gasteiger partial charge in [-0.1, -0.05) is 61.5 Å². The monoisotopic (exact) mass is 629 g/mol. The Morgan fingerprint density at radius 2 is 1.60 bits per heavy atom. The van der Waals surface area contributed by atoms with Crippen LogP contribution >= 0.6 is 0 Å². The Bertz CT molecular complexity index is 1680. The normalized spacial score (nSPS) is 17.5. The van der Waals surface area contributed by atoms with E-state index in [1.807, 2.05) is 68.6 Å². The number of fused-ring (bicyclic) bond motifs is 1. The number of hydrogen-bond acceptors (Lipinski definition) is 7. The molecule has 0 spiro atoms. The Morgan fingerprint density at radius 1 is 0.956 bits per heavy atom. The van der Waals surface area contributed by atoms with Crippen LogP contribution in [0.1, 0.15) is 29.8 Å². The number of nitrogens with zero attached hydrogens (tertiary/aromatic N) is 2. The van der Waals surface area contributed by atoms with Crippen LogP contribution in [-0.2, 0) is 16.6 Å². The highest BCUT2D eigenvalue weighted by molar-refractivity contribution is 7.92. The first-order valence-electron chi connectivity index (χ1n) is 14.9. The summed E-state index contributed by atoms with van der Waals surface area (Å²) in [6.07, 6.45) is -0.404. The van der Waals surface area contributed by atoms with Gasteiger partial charge in [-0.25, -0.2) is 8.42 Å². The standard InChI is InChI=1S/C35H39N3O6S/c1-25-21-38(26(2)24-39)35(40)31-15-10-16-32(36-45(41,42)30-13-8-5-9-14-30)34(31)44-33(25)23-37(3)22-27-17-19-29(20-18-27)43-28-11-6-4-7-12-28/h4-20,25-26,33,36,39H,21-24H2,1-3H3/t25-,26+,33+/m0/s1. The van der Waals surface area contributed by atoms with Crippen molar-refractivity contribution < 1.29 is 27.8 Å². The quantitative estimate of drug-likeness (QED) is 0.221. The van der Waals surface area contributed by atoms with Crippen LogP contribution in [-0.4, -0.2) is 68.1 Å². The van der Waals surface area contributed by atoms with Gasteiger partial charge in [-0.15, -0.1) is 0 Å². The largest absolute Gasteiger partial charge is 0.486 e. The molecule has 4 aromatic carbocycles. The molecule has 1 amide bonds. The zero-order valence-electron chi connectivity index (χ0n) is 25.7. The van der Waals surface area contributed by atoms with Crippen LogP contribution in [0.2, 0.25) is 0 Å². The first kappa shape index (κ1) is 32.0. The summed E-state index contributed by atoms with van der Waals surface area (Å²) in [7, 11) is -1.96. The topological polar surface area (TPSA) is 108 Å². The summed E-state index contributed by atoms with van der Waals surface area (Å²) >= 11 is 0. The average molecular weight is 630 g/mol. The molecule has 0 fully saturated rings. The lowest BCUT2D eigenvalue weighted by molar-refractivity contribution is 0.0344. The molecule has 2 N–H and O–H groups in total. The van der Waals surface area contributed by atoms with E-state index in [1.54, 1.807) is 48.2 Å². The van der Waals surface area contributed by atoms with Gasteiger partial charge in [0, 0.05) is 25.6 Å². The molecule has 0 saturated carbocycles. The summed E-state index contributed by atoms with van der Waals surface area (Å²) in [5.41, 5.74) is 1.49. The van der Waals surface area contributed by atoms with Gasteiger partial charge in [0.15, 0.2) is 5.75 Å². The van der Waals surface area contributed by atoms with Gasteiger partial charge in [0.25, 0.3) is 15.9 Å². The minimum atomic E-state index is -3.95. The number of aliphatic hydroxyl groups is 1. The van der Waals surface area contributed by atoms with Crippen LogP contribution in [0.4, 0.5) is 5.69 Å². The van der Waals surface area contributed by atoms with Crippen LogP contribution in [0, 0.1) is 5.92 Å². The van der Waals surface area contributed by atoms with E-state index in [4.69, 9.17) is 9.47 Å². The van der Waals surface area contributed by atoms with E-state index in [1.165, 1.54) is 12.1 Å². The number of anilines is 1. The van der Waals surface area contributed by atoms with Gasteiger partial charge in [0.05, 0.1) is 28.8 Å². The molecule has 0 aromatic heterocycles. The fourth-order valence-corrected chi connectivity index (χ4v) is 6.40. The third-order valence-corrected chi connectivity index (χ3v) is 9.22. The zero-order valence-corrected chi connectivity index (χ0v) is 26.5.